The number of esters is 1. The van der Waals surface area contributed by atoms with E-state index in [1.165, 1.54) is 4.90 Å². The molecule has 0 bridgehead atoms. The Bertz CT molecular complexity index is 1740. The van der Waals surface area contributed by atoms with Gasteiger partial charge in [0.15, 0.2) is 6.10 Å². The minimum absolute atomic E-state index is 0.121. The molecule has 1 saturated heterocycles. The molecule has 0 radical (unpaired) electrons. The molecular weight excluding hydrogens is 608 g/mol. The molecule has 1 aromatic heterocycles. The van der Waals surface area contributed by atoms with E-state index in [1.54, 1.807) is 67.6 Å². The summed E-state index contributed by atoms with van der Waals surface area (Å²) in [5.74, 6) is -1.17. The topological polar surface area (TPSA) is 93.6 Å². The standard InChI is InChI=1S/C35H31BrN2O5/c1-3-31(32(39)22-7-5-4-6-8-22)43-35(42)28-19-30(37-29-16-12-23(36)18-26(28)29)21-10-13-24(14-11-21)38-33(40)25-15-9-20(2)17-27(25)34(38)41/h4-8,10-14,16,18-20,25,27,31H,3,9,15,17H2,1-2H3. The van der Waals surface area contributed by atoms with Crippen LogP contribution in [0.15, 0.2) is 83.3 Å². The van der Waals surface area contributed by atoms with Gasteiger partial charge < -0.3 is 4.74 Å². The Morgan fingerprint density at radius 2 is 1.67 bits per heavy atom. The van der Waals surface area contributed by atoms with Crippen molar-refractivity contribution in [3.05, 3.63) is 94.5 Å². The number of ketones is 1. The second-order valence-electron chi connectivity index (χ2n) is 11.4. The molecule has 6 rings (SSSR count). The SMILES string of the molecule is CCC(OC(=O)c1cc(-c2ccc(N3C(=O)C4CCC(C)CC4C3=O)cc2)nc2ccc(Br)cc12)C(=O)c1ccccc1. The van der Waals surface area contributed by atoms with Crippen LogP contribution in [-0.4, -0.2) is 34.7 Å². The maximum atomic E-state index is 13.6. The normalized spacial score (nSPS) is 20.6. The van der Waals surface area contributed by atoms with Crippen LogP contribution in [0.5, 0.6) is 0 Å². The number of Topliss-reactive ketones (excluding diaryl/α,β-unsaturated/α-hetero) is 1. The number of imide groups is 1. The number of amides is 2. The number of pyridine rings is 1. The summed E-state index contributed by atoms with van der Waals surface area (Å²) in [4.78, 5) is 59.2. The molecule has 1 saturated carbocycles. The van der Waals surface area contributed by atoms with Crippen LogP contribution >= 0.6 is 15.9 Å². The lowest BCUT2D eigenvalue weighted by Crippen LogP contribution is -2.30. The maximum Gasteiger partial charge on any atom is 0.339 e. The van der Waals surface area contributed by atoms with E-state index in [-0.39, 0.29) is 35.0 Å². The molecule has 43 heavy (non-hydrogen) atoms. The molecule has 0 spiro atoms. The van der Waals surface area contributed by atoms with E-state index in [9.17, 15) is 19.2 Å². The highest BCUT2D eigenvalue weighted by Gasteiger charge is 2.49. The molecule has 7 nitrogen and oxygen atoms in total. The van der Waals surface area contributed by atoms with Crippen LogP contribution in [0.4, 0.5) is 5.69 Å². The molecule has 0 N–H and O–H groups in total. The molecule has 2 fully saturated rings. The first-order valence-electron chi connectivity index (χ1n) is 14.6. The first-order valence-corrected chi connectivity index (χ1v) is 15.4. The lowest BCUT2D eigenvalue weighted by molar-refractivity contribution is -0.122. The Kier molecular flexibility index (Phi) is 7.97. The molecule has 8 heteroatoms. The number of nitrogens with zero attached hydrogens (tertiary/aromatic N) is 2. The van der Waals surface area contributed by atoms with Gasteiger partial charge in [-0.25, -0.2) is 9.78 Å². The summed E-state index contributed by atoms with van der Waals surface area (Å²) in [6.45, 7) is 3.94. The average molecular weight is 640 g/mol. The first kappa shape index (κ1) is 28.9. The Labute approximate surface area is 258 Å². The number of benzene rings is 3. The highest BCUT2D eigenvalue weighted by molar-refractivity contribution is 9.10. The highest BCUT2D eigenvalue weighted by Crippen LogP contribution is 2.42. The zero-order chi connectivity index (χ0) is 30.2. The summed E-state index contributed by atoms with van der Waals surface area (Å²) in [7, 11) is 0. The second kappa shape index (κ2) is 11.8. The molecular formula is C35H31BrN2O5. The largest absolute Gasteiger partial charge is 0.450 e. The van der Waals surface area contributed by atoms with E-state index in [0.717, 1.165) is 23.7 Å². The molecule has 3 aromatic carbocycles. The third-order valence-electron chi connectivity index (χ3n) is 8.57. The van der Waals surface area contributed by atoms with Crippen LogP contribution < -0.4 is 4.90 Å². The number of anilines is 1. The van der Waals surface area contributed by atoms with Crippen molar-refractivity contribution in [3.8, 4) is 11.3 Å². The number of carbonyl (C=O) groups is 4. The fraction of sp³-hybridized carbons (Fsp3) is 0.286. The monoisotopic (exact) mass is 638 g/mol. The summed E-state index contributed by atoms with van der Waals surface area (Å²) in [6, 6.07) is 23.0. The molecule has 218 valence electrons. The van der Waals surface area contributed by atoms with Crippen LogP contribution in [0.25, 0.3) is 22.2 Å². The number of rotatable bonds is 7. The summed E-state index contributed by atoms with van der Waals surface area (Å²) in [6.07, 6.45) is 1.85. The third-order valence-corrected chi connectivity index (χ3v) is 9.06. The van der Waals surface area contributed by atoms with E-state index >= 15 is 0 Å². The van der Waals surface area contributed by atoms with E-state index in [1.807, 2.05) is 18.2 Å². The summed E-state index contributed by atoms with van der Waals surface area (Å²) in [5.41, 5.74) is 3.12. The van der Waals surface area contributed by atoms with Crippen molar-refractivity contribution in [2.75, 3.05) is 4.90 Å². The summed E-state index contributed by atoms with van der Waals surface area (Å²) < 4.78 is 6.57. The molecule has 2 amide bonds. The molecule has 2 aliphatic rings. The zero-order valence-electron chi connectivity index (χ0n) is 24.0. The third kappa shape index (κ3) is 5.52. The smallest absolute Gasteiger partial charge is 0.339 e. The van der Waals surface area contributed by atoms with Crippen LogP contribution in [0.3, 0.4) is 0 Å². The minimum Gasteiger partial charge on any atom is -0.450 e. The van der Waals surface area contributed by atoms with Gasteiger partial charge in [-0.1, -0.05) is 72.2 Å². The highest BCUT2D eigenvalue weighted by atomic mass is 79.9. The number of halogens is 1. The summed E-state index contributed by atoms with van der Waals surface area (Å²) >= 11 is 3.48. The molecule has 1 aliphatic heterocycles. The molecule has 4 unspecified atom stereocenters. The number of fused-ring (bicyclic) bond motifs is 2. The number of ether oxygens (including phenoxy) is 1. The van der Waals surface area contributed by atoms with E-state index in [2.05, 4.69) is 22.9 Å². The van der Waals surface area contributed by atoms with Crippen LogP contribution in [0, 0.1) is 17.8 Å². The van der Waals surface area contributed by atoms with Crippen LogP contribution in [0.1, 0.15) is 60.2 Å². The molecule has 2 heterocycles. The van der Waals surface area contributed by atoms with Crippen molar-refractivity contribution in [2.45, 2.75) is 45.6 Å². The fourth-order valence-corrected chi connectivity index (χ4v) is 6.60. The van der Waals surface area contributed by atoms with Gasteiger partial charge in [0.25, 0.3) is 0 Å². The van der Waals surface area contributed by atoms with Crippen molar-refractivity contribution in [3.63, 3.8) is 0 Å². The first-order chi connectivity index (χ1) is 20.7. The van der Waals surface area contributed by atoms with Gasteiger partial charge in [-0.3, -0.25) is 19.3 Å². The van der Waals surface area contributed by atoms with Gasteiger partial charge >= 0.3 is 5.97 Å². The van der Waals surface area contributed by atoms with Crippen LogP contribution in [-0.2, 0) is 14.3 Å². The Morgan fingerprint density at radius 3 is 2.40 bits per heavy atom. The molecule has 1 aliphatic carbocycles. The van der Waals surface area contributed by atoms with Gasteiger partial charge in [0.05, 0.1) is 34.3 Å². The van der Waals surface area contributed by atoms with Crippen molar-refractivity contribution in [1.29, 1.82) is 0 Å². The van der Waals surface area contributed by atoms with Gasteiger partial charge in [-0.15, -0.1) is 0 Å². The number of hydrogen-bond acceptors (Lipinski definition) is 6. The van der Waals surface area contributed by atoms with Crippen molar-refractivity contribution < 1.29 is 23.9 Å². The predicted octanol–water partition coefficient (Wildman–Crippen LogP) is 7.41. The number of carbonyl (C=O) groups excluding carboxylic acids is 4. The van der Waals surface area contributed by atoms with Gasteiger partial charge in [-0.05, 0) is 68.0 Å². The Hall–Kier alpha value is -4.17. The Morgan fingerprint density at radius 1 is 0.953 bits per heavy atom. The molecule has 4 aromatic rings. The average Bonchev–Trinajstić information content (AvgIpc) is 3.27. The van der Waals surface area contributed by atoms with Gasteiger partial charge in [-0.2, -0.15) is 0 Å². The second-order valence-corrected chi connectivity index (χ2v) is 12.4. The number of hydrogen-bond donors (Lipinski definition) is 0. The lowest BCUT2D eigenvalue weighted by atomic mass is 9.76. The van der Waals surface area contributed by atoms with Crippen LogP contribution in [0.2, 0.25) is 0 Å². The fourth-order valence-electron chi connectivity index (χ4n) is 6.24. The van der Waals surface area contributed by atoms with Gasteiger partial charge in [0.1, 0.15) is 0 Å². The number of aromatic nitrogens is 1. The lowest BCUT2D eigenvalue weighted by Gasteiger charge is -2.25. The van der Waals surface area contributed by atoms with Crippen molar-refractivity contribution >= 4 is 56.1 Å². The van der Waals surface area contributed by atoms with Gasteiger partial charge in [0.2, 0.25) is 17.6 Å². The van der Waals surface area contributed by atoms with E-state index in [4.69, 9.17) is 9.72 Å². The van der Waals surface area contributed by atoms with Crippen molar-refractivity contribution in [2.24, 2.45) is 17.8 Å². The van der Waals surface area contributed by atoms with Gasteiger partial charge in [0, 0.05) is 21.0 Å². The summed E-state index contributed by atoms with van der Waals surface area (Å²) in [5, 5.41) is 0.590. The van der Waals surface area contributed by atoms with E-state index < -0.39 is 12.1 Å². The molecule has 4 atom stereocenters. The predicted molar refractivity (Wildman–Crippen MR) is 168 cm³/mol. The van der Waals surface area contributed by atoms with Crippen molar-refractivity contribution in [1.82, 2.24) is 4.98 Å². The van der Waals surface area contributed by atoms with E-state index in [0.29, 0.717) is 45.7 Å². The zero-order valence-corrected chi connectivity index (χ0v) is 25.5. The Balaban J connectivity index is 1.31. The maximum absolute atomic E-state index is 13.6. The quantitative estimate of drug-likeness (QED) is 0.119. The minimum atomic E-state index is -0.935.